The lowest BCUT2D eigenvalue weighted by molar-refractivity contribution is 0.524. The summed E-state index contributed by atoms with van der Waals surface area (Å²) in [6.45, 7) is 0. The Morgan fingerprint density at radius 3 is 2.70 bits per heavy atom. The minimum absolute atomic E-state index is 0.213. The zero-order valence-corrected chi connectivity index (χ0v) is 10.6. The van der Waals surface area contributed by atoms with Crippen LogP contribution in [-0.4, -0.2) is 4.98 Å². The number of fused-ring (bicyclic) bond motifs is 1. The molecule has 0 amide bonds. The van der Waals surface area contributed by atoms with Gasteiger partial charge in [0.2, 0.25) is 0 Å². The molecule has 0 bridgehead atoms. The van der Waals surface area contributed by atoms with Crippen LogP contribution in [0.2, 0.25) is 0 Å². The first-order chi connectivity index (χ1) is 9.63. The van der Waals surface area contributed by atoms with Gasteiger partial charge in [-0.1, -0.05) is 18.2 Å². The summed E-state index contributed by atoms with van der Waals surface area (Å²) in [4.78, 5) is 4.17. The van der Waals surface area contributed by atoms with Gasteiger partial charge in [-0.25, -0.2) is 13.8 Å². The largest absolute Gasteiger partial charge is 0.439 e. The lowest BCUT2D eigenvalue weighted by Crippen LogP contribution is -1.94. The maximum Gasteiger partial charge on any atom is 0.195 e. The highest BCUT2D eigenvalue weighted by Gasteiger charge is 2.11. The fourth-order valence-corrected chi connectivity index (χ4v) is 2.12. The van der Waals surface area contributed by atoms with Crippen LogP contribution in [0.5, 0.6) is 0 Å². The van der Waals surface area contributed by atoms with E-state index in [1.54, 1.807) is 18.2 Å². The Balaban J connectivity index is 1.85. The van der Waals surface area contributed by atoms with Crippen molar-refractivity contribution < 1.29 is 13.2 Å². The topological polar surface area (TPSA) is 52.0 Å². The van der Waals surface area contributed by atoms with E-state index in [0.717, 1.165) is 0 Å². The summed E-state index contributed by atoms with van der Waals surface area (Å²) < 4.78 is 32.2. The molecular formula is C15H12F2N2O. The van der Waals surface area contributed by atoms with E-state index < -0.39 is 5.82 Å². The Morgan fingerprint density at radius 1 is 1.10 bits per heavy atom. The molecule has 0 atom stereocenters. The number of oxazole rings is 1. The monoisotopic (exact) mass is 274 g/mol. The molecule has 0 spiro atoms. The van der Waals surface area contributed by atoms with Gasteiger partial charge in [0.25, 0.3) is 0 Å². The van der Waals surface area contributed by atoms with E-state index in [4.69, 9.17) is 10.2 Å². The molecule has 0 aliphatic carbocycles. The predicted octanol–water partition coefficient (Wildman–Crippen LogP) is 3.47. The van der Waals surface area contributed by atoms with Gasteiger partial charge in [-0.15, -0.1) is 0 Å². The van der Waals surface area contributed by atoms with Crippen molar-refractivity contribution in [1.82, 2.24) is 4.98 Å². The first-order valence-corrected chi connectivity index (χ1v) is 6.21. The van der Waals surface area contributed by atoms with Gasteiger partial charge in [0.1, 0.15) is 17.2 Å². The molecule has 102 valence electrons. The van der Waals surface area contributed by atoms with Crippen LogP contribution in [0.25, 0.3) is 11.1 Å². The molecule has 3 aromatic rings. The number of aryl methyl sites for hydroxylation is 2. The fourth-order valence-electron chi connectivity index (χ4n) is 2.12. The number of rotatable bonds is 3. The third kappa shape index (κ3) is 2.34. The number of benzene rings is 2. The van der Waals surface area contributed by atoms with Crippen LogP contribution >= 0.6 is 0 Å². The molecule has 0 fully saturated rings. The summed E-state index contributed by atoms with van der Waals surface area (Å²) in [5, 5.41) is 0. The number of hydrogen-bond donors (Lipinski definition) is 1. The molecule has 3 rings (SSSR count). The molecule has 5 heteroatoms. The highest BCUT2D eigenvalue weighted by molar-refractivity contribution is 5.84. The van der Waals surface area contributed by atoms with Crippen LogP contribution in [0.15, 0.2) is 40.8 Å². The van der Waals surface area contributed by atoms with Crippen molar-refractivity contribution >= 4 is 16.8 Å². The van der Waals surface area contributed by atoms with Crippen molar-refractivity contribution in [2.45, 2.75) is 12.8 Å². The van der Waals surface area contributed by atoms with Gasteiger partial charge in [0.15, 0.2) is 11.5 Å². The minimum atomic E-state index is -0.455. The SMILES string of the molecule is Nc1cc(F)cc2nc(CCc3ccccc3F)oc12. The molecule has 0 aliphatic rings. The van der Waals surface area contributed by atoms with Crippen molar-refractivity contribution in [3.8, 4) is 0 Å². The summed E-state index contributed by atoms with van der Waals surface area (Å²) in [6, 6.07) is 9.00. The summed E-state index contributed by atoms with van der Waals surface area (Å²) in [7, 11) is 0. The lowest BCUT2D eigenvalue weighted by Gasteiger charge is -1.99. The van der Waals surface area contributed by atoms with Crippen molar-refractivity contribution in [3.63, 3.8) is 0 Å². The first-order valence-electron chi connectivity index (χ1n) is 6.21. The van der Waals surface area contributed by atoms with E-state index in [1.807, 2.05) is 0 Å². The van der Waals surface area contributed by atoms with Crippen LogP contribution in [0.4, 0.5) is 14.5 Å². The molecule has 20 heavy (non-hydrogen) atoms. The van der Waals surface area contributed by atoms with Gasteiger partial charge >= 0.3 is 0 Å². The number of nitrogen functional groups attached to an aromatic ring is 1. The smallest absolute Gasteiger partial charge is 0.195 e. The van der Waals surface area contributed by atoms with E-state index in [9.17, 15) is 8.78 Å². The molecule has 0 saturated carbocycles. The van der Waals surface area contributed by atoms with Gasteiger partial charge in [-0.2, -0.15) is 0 Å². The van der Waals surface area contributed by atoms with Crippen LogP contribution in [-0.2, 0) is 12.8 Å². The highest BCUT2D eigenvalue weighted by Crippen LogP contribution is 2.24. The van der Waals surface area contributed by atoms with Crippen molar-refractivity contribution in [2.75, 3.05) is 5.73 Å². The fraction of sp³-hybridized carbons (Fsp3) is 0.133. The summed E-state index contributed by atoms with van der Waals surface area (Å²) >= 11 is 0. The molecule has 1 heterocycles. The molecule has 0 aliphatic heterocycles. The molecule has 2 aromatic carbocycles. The van der Waals surface area contributed by atoms with Crippen LogP contribution in [0, 0.1) is 11.6 Å². The van der Waals surface area contributed by atoms with Crippen LogP contribution in [0.1, 0.15) is 11.5 Å². The first kappa shape index (κ1) is 12.6. The third-order valence-corrected chi connectivity index (χ3v) is 3.09. The summed E-state index contributed by atoms with van der Waals surface area (Å²) in [6.07, 6.45) is 0.887. The van der Waals surface area contributed by atoms with E-state index in [-0.39, 0.29) is 11.5 Å². The van der Waals surface area contributed by atoms with E-state index in [1.165, 1.54) is 18.2 Å². The summed E-state index contributed by atoms with van der Waals surface area (Å²) in [5.41, 5.74) is 7.22. The molecule has 1 aromatic heterocycles. The Bertz CT molecular complexity index is 768. The average molecular weight is 274 g/mol. The Hall–Kier alpha value is -2.43. The van der Waals surface area contributed by atoms with Gasteiger partial charge in [-0.3, -0.25) is 0 Å². The van der Waals surface area contributed by atoms with E-state index in [0.29, 0.717) is 35.4 Å². The number of nitrogens with two attached hydrogens (primary N) is 1. The van der Waals surface area contributed by atoms with E-state index in [2.05, 4.69) is 4.98 Å². The highest BCUT2D eigenvalue weighted by atomic mass is 19.1. The van der Waals surface area contributed by atoms with Crippen molar-refractivity contribution in [3.05, 3.63) is 59.5 Å². The number of nitrogens with zero attached hydrogens (tertiary/aromatic N) is 1. The Labute approximate surface area is 114 Å². The number of halogens is 2. The number of aromatic nitrogens is 1. The van der Waals surface area contributed by atoms with Gasteiger partial charge in [0, 0.05) is 18.6 Å². The van der Waals surface area contributed by atoms with Crippen molar-refractivity contribution in [1.29, 1.82) is 0 Å². The maximum absolute atomic E-state index is 13.5. The Kier molecular flexibility index (Phi) is 3.10. The van der Waals surface area contributed by atoms with Gasteiger partial charge in [-0.05, 0) is 18.1 Å². The average Bonchev–Trinajstić information content (AvgIpc) is 2.81. The van der Waals surface area contributed by atoms with Gasteiger partial charge in [0.05, 0.1) is 5.69 Å². The molecule has 0 saturated heterocycles. The summed E-state index contributed by atoms with van der Waals surface area (Å²) in [5.74, 6) is -0.293. The van der Waals surface area contributed by atoms with Crippen molar-refractivity contribution in [2.24, 2.45) is 0 Å². The number of anilines is 1. The second-order valence-corrected chi connectivity index (χ2v) is 4.54. The second kappa shape index (κ2) is 4.92. The normalized spacial score (nSPS) is 11.1. The Morgan fingerprint density at radius 2 is 1.90 bits per heavy atom. The van der Waals surface area contributed by atoms with Gasteiger partial charge < -0.3 is 10.2 Å². The molecule has 0 unspecified atom stereocenters. The zero-order chi connectivity index (χ0) is 14.1. The molecule has 2 N–H and O–H groups in total. The quantitative estimate of drug-likeness (QED) is 0.744. The van der Waals surface area contributed by atoms with Crippen LogP contribution in [0.3, 0.4) is 0 Å². The zero-order valence-electron chi connectivity index (χ0n) is 10.6. The van der Waals surface area contributed by atoms with E-state index >= 15 is 0 Å². The maximum atomic E-state index is 13.5. The number of hydrogen-bond acceptors (Lipinski definition) is 3. The van der Waals surface area contributed by atoms with Crippen LogP contribution < -0.4 is 5.73 Å². The molecule has 0 radical (unpaired) electrons. The standard InChI is InChI=1S/C15H12F2N2O/c16-10-7-12(18)15-13(8-10)19-14(20-15)6-5-9-3-1-2-4-11(9)17/h1-4,7-8H,5-6,18H2. The molecular weight excluding hydrogens is 262 g/mol. The lowest BCUT2D eigenvalue weighted by atomic mass is 10.1. The minimum Gasteiger partial charge on any atom is -0.439 e. The second-order valence-electron chi connectivity index (χ2n) is 4.54. The third-order valence-electron chi connectivity index (χ3n) is 3.09. The predicted molar refractivity (Wildman–Crippen MR) is 72.2 cm³/mol. The molecule has 3 nitrogen and oxygen atoms in total.